The fourth-order valence-corrected chi connectivity index (χ4v) is 2.06. The van der Waals surface area contributed by atoms with Crippen molar-refractivity contribution in [3.63, 3.8) is 0 Å². The van der Waals surface area contributed by atoms with Crippen LogP contribution >= 0.6 is 0 Å². The third kappa shape index (κ3) is 4.83. The summed E-state index contributed by atoms with van der Waals surface area (Å²) < 4.78 is 32.0. The molecule has 112 valence electrons. The Kier molecular flexibility index (Phi) is 5.69. The molecule has 0 fully saturated rings. The van der Waals surface area contributed by atoms with Gasteiger partial charge in [0.2, 0.25) is 0 Å². The summed E-state index contributed by atoms with van der Waals surface area (Å²) >= 11 is 0. The van der Waals surface area contributed by atoms with Gasteiger partial charge in [-0.05, 0) is 38.1 Å². The van der Waals surface area contributed by atoms with Crippen LogP contribution < -0.4 is 10.1 Å². The van der Waals surface area contributed by atoms with Crippen LogP contribution in [0.1, 0.15) is 24.9 Å². The molecule has 0 heterocycles. The van der Waals surface area contributed by atoms with E-state index >= 15 is 0 Å². The molecule has 0 aliphatic heterocycles. The van der Waals surface area contributed by atoms with Crippen molar-refractivity contribution >= 4 is 0 Å². The van der Waals surface area contributed by atoms with Crippen molar-refractivity contribution in [3.05, 3.63) is 65.7 Å². The first-order chi connectivity index (χ1) is 10.2. The molecule has 21 heavy (non-hydrogen) atoms. The lowest BCUT2D eigenvalue weighted by molar-refractivity contribution is 0.305. The van der Waals surface area contributed by atoms with Gasteiger partial charge in [0, 0.05) is 17.7 Å². The highest BCUT2D eigenvalue weighted by Gasteiger charge is 2.10. The van der Waals surface area contributed by atoms with E-state index in [0.29, 0.717) is 18.7 Å². The minimum atomic E-state index is -0.556. The molecular formula is C17H19F2NO. The molecule has 0 spiro atoms. The van der Waals surface area contributed by atoms with Crippen LogP contribution in [0.5, 0.6) is 5.75 Å². The van der Waals surface area contributed by atoms with E-state index in [1.54, 1.807) is 0 Å². The standard InChI is InChI=1S/C17H19F2NO/c1-13(16-9-8-14(18)12-17(16)19)20-10-5-11-21-15-6-3-2-4-7-15/h2-4,6-9,12-13,20H,5,10-11H2,1H3. The van der Waals surface area contributed by atoms with Gasteiger partial charge in [-0.15, -0.1) is 0 Å². The monoisotopic (exact) mass is 291 g/mol. The summed E-state index contributed by atoms with van der Waals surface area (Å²) in [6.07, 6.45) is 0.808. The largest absolute Gasteiger partial charge is 0.494 e. The predicted octanol–water partition coefficient (Wildman–Crippen LogP) is 4.08. The Bertz CT molecular complexity index is 560. The van der Waals surface area contributed by atoms with E-state index in [2.05, 4.69) is 5.32 Å². The average molecular weight is 291 g/mol. The fraction of sp³-hybridized carbons (Fsp3) is 0.294. The smallest absolute Gasteiger partial charge is 0.130 e. The van der Waals surface area contributed by atoms with Crippen molar-refractivity contribution in [1.29, 1.82) is 0 Å². The zero-order valence-electron chi connectivity index (χ0n) is 12.0. The summed E-state index contributed by atoms with van der Waals surface area (Å²) in [6.45, 7) is 3.15. The van der Waals surface area contributed by atoms with Crippen LogP contribution in [0.4, 0.5) is 8.78 Å². The topological polar surface area (TPSA) is 21.3 Å². The molecule has 0 radical (unpaired) electrons. The van der Waals surface area contributed by atoms with Crippen LogP contribution in [0.3, 0.4) is 0 Å². The molecule has 4 heteroatoms. The van der Waals surface area contributed by atoms with Crippen LogP contribution in [-0.4, -0.2) is 13.2 Å². The molecule has 2 nitrogen and oxygen atoms in total. The zero-order valence-corrected chi connectivity index (χ0v) is 12.0. The first kappa shape index (κ1) is 15.4. The number of nitrogens with one attached hydrogen (secondary N) is 1. The molecule has 0 saturated heterocycles. The summed E-state index contributed by atoms with van der Waals surface area (Å²) in [4.78, 5) is 0. The van der Waals surface area contributed by atoms with E-state index in [1.807, 2.05) is 37.3 Å². The lowest BCUT2D eigenvalue weighted by Gasteiger charge is -2.15. The minimum Gasteiger partial charge on any atom is -0.494 e. The first-order valence-electron chi connectivity index (χ1n) is 7.03. The summed E-state index contributed by atoms with van der Waals surface area (Å²) in [6, 6.07) is 13.1. The Morgan fingerprint density at radius 2 is 1.86 bits per heavy atom. The van der Waals surface area contributed by atoms with E-state index in [-0.39, 0.29) is 6.04 Å². The number of para-hydroxylation sites is 1. The maximum Gasteiger partial charge on any atom is 0.130 e. The highest BCUT2D eigenvalue weighted by Crippen LogP contribution is 2.17. The molecule has 1 N–H and O–H groups in total. The number of ether oxygens (including phenoxy) is 1. The van der Waals surface area contributed by atoms with E-state index in [4.69, 9.17) is 4.74 Å². The van der Waals surface area contributed by atoms with Gasteiger partial charge < -0.3 is 10.1 Å². The van der Waals surface area contributed by atoms with Gasteiger partial charge in [0.1, 0.15) is 17.4 Å². The molecule has 0 bridgehead atoms. The van der Waals surface area contributed by atoms with Gasteiger partial charge in [0.05, 0.1) is 6.61 Å². The van der Waals surface area contributed by atoms with Crippen molar-refractivity contribution in [2.75, 3.05) is 13.2 Å². The number of hydrogen-bond acceptors (Lipinski definition) is 2. The van der Waals surface area contributed by atoms with E-state index < -0.39 is 11.6 Å². The Morgan fingerprint density at radius 3 is 2.57 bits per heavy atom. The Labute approximate surface area is 123 Å². The lowest BCUT2D eigenvalue weighted by Crippen LogP contribution is -2.22. The van der Waals surface area contributed by atoms with Crippen LogP contribution in [0, 0.1) is 11.6 Å². The maximum atomic E-state index is 13.6. The van der Waals surface area contributed by atoms with Gasteiger partial charge >= 0.3 is 0 Å². The second kappa shape index (κ2) is 7.74. The summed E-state index contributed by atoms with van der Waals surface area (Å²) in [5.41, 5.74) is 0.473. The fourth-order valence-electron chi connectivity index (χ4n) is 2.06. The second-order valence-electron chi connectivity index (χ2n) is 4.86. The quantitative estimate of drug-likeness (QED) is 0.776. The molecule has 0 amide bonds. The van der Waals surface area contributed by atoms with E-state index in [0.717, 1.165) is 18.2 Å². The second-order valence-corrected chi connectivity index (χ2v) is 4.86. The molecule has 1 unspecified atom stereocenters. The molecule has 0 saturated carbocycles. The van der Waals surface area contributed by atoms with E-state index in [1.165, 1.54) is 12.1 Å². The zero-order chi connectivity index (χ0) is 15.1. The van der Waals surface area contributed by atoms with Crippen molar-refractivity contribution < 1.29 is 13.5 Å². The Morgan fingerprint density at radius 1 is 1.10 bits per heavy atom. The highest BCUT2D eigenvalue weighted by atomic mass is 19.1. The number of benzene rings is 2. The van der Waals surface area contributed by atoms with Crippen LogP contribution in [0.2, 0.25) is 0 Å². The Balaban J connectivity index is 1.71. The van der Waals surface area contributed by atoms with Crippen molar-refractivity contribution in [1.82, 2.24) is 5.32 Å². The predicted molar refractivity (Wildman–Crippen MR) is 79.3 cm³/mol. The molecule has 2 aromatic rings. The van der Waals surface area contributed by atoms with E-state index in [9.17, 15) is 8.78 Å². The number of rotatable bonds is 7. The molecule has 1 atom stereocenters. The van der Waals surface area contributed by atoms with Gasteiger partial charge in [-0.2, -0.15) is 0 Å². The summed E-state index contributed by atoms with van der Waals surface area (Å²) in [5.74, 6) is -0.231. The van der Waals surface area contributed by atoms with Crippen molar-refractivity contribution in [3.8, 4) is 5.75 Å². The number of halogens is 2. The normalized spacial score (nSPS) is 12.1. The summed E-state index contributed by atoms with van der Waals surface area (Å²) in [7, 11) is 0. The summed E-state index contributed by atoms with van der Waals surface area (Å²) in [5, 5.41) is 3.20. The van der Waals surface area contributed by atoms with Gasteiger partial charge in [0.15, 0.2) is 0 Å². The van der Waals surface area contributed by atoms with Crippen LogP contribution in [0.25, 0.3) is 0 Å². The highest BCUT2D eigenvalue weighted by molar-refractivity contribution is 5.22. The van der Waals surface area contributed by atoms with Gasteiger partial charge in [-0.3, -0.25) is 0 Å². The van der Waals surface area contributed by atoms with Crippen molar-refractivity contribution in [2.24, 2.45) is 0 Å². The molecule has 0 aliphatic carbocycles. The van der Waals surface area contributed by atoms with Crippen molar-refractivity contribution in [2.45, 2.75) is 19.4 Å². The molecular weight excluding hydrogens is 272 g/mol. The van der Waals surface area contributed by atoms with Gasteiger partial charge in [-0.1, -0.05) is 24.3 Å². The SMILES string of the molecule is CC(NCCCOc1ccccc1)c1ccc(F)cc1F. The number of hydrogen-bond donors (Lipinski definition) is 1. The minimum absolute atomic E-state index is 0.165. The molecule has 0 aromatic heterocycles. The first-order valence-corrected chi connectivity index (χ1v) is 7.03. The van der Waals surface area contributed by atoms with Gasteiger partial charge in [0.25, 0.3) is 0 Å². The third-order valence-corrected chi connectivity index (χ3v) is 3.21. The molecule has 2 rings (SSSR count). The van der Waals surface area contributed by atoms with Crippen LogP contribution in [0.15, 0.2) is 48.5 Å². The van der Waals surface area contributed by atoms with Crippen LogP contribution in [-0.2, 0) is 0 Å². The third-order valence-electron chi connectivity index (χ3n) is 3.21. The Hall–Kier alpha value is -1.94. The average Bonchev–Trinajstić information content (AvgIpc) is 2.47. The maximum absolute atomic E-state index is 13.6. The molecule has 0 aliphatic rings. The molecule has 2 aromatic carbocycles. The lowest BCUT2D eigenvalue weighted by atomic mass is 10.1. The van der Waals surface area contributed by atoms with Gasteiger partial charge in [-0.25, -0.2) is 8.78 Å².